The Bertz CT molecular complexity index is 749. The van der Waals surface area contributed by atoms with E-state index in [4.69, 9.17) is 14.2 Å². The summed E-state index contributed by atoms with van der Waals surface area (Å²) in [6, 6.07) is 0. The average Bonchev–Trinajstić information content (AvgIpc) is 3.02. The number of carbonyl (C=O) groups is 3. The number of hydrogen-bond donors (Lipinski definition) is 1. The van der Waals surface area contributed by atoms with Crippen LogP contribution in [0, 0.1) is 11.8 Å². The lowest BCUT2D eigenvalue weighted by Crippen LogP contribution is -2.55. The smallest absolute Gasteiger partial charge is 0.334 e. The van der Waals surface area contributed by atoms with Crippen molar-refractivity contribution in [3.8, 4) is 0 Å². The predicted molar refractivity (Wildman–Crippen MR) is 89.6 cm³/mol. The molecule has 0 aromatic rings. The Morgan fingerprint density at radius 2 is 2.08 bits per heavy atom. The van der Waals surface area contributed by atoms with E-state index in [1.54, 1.807) is 0 Å². The largest absolute Gasteiger partial charge is 0.480 e. The van der Waals surface area contributed by atoms with Crippen LogP contribution in [0.5, 0.6) is 0 Å². The Morgan fingerprint density at radius 3 is 2.69 bits per heavy atom. The molecule has 0 saturated carbocycles. The first-order valence-electron chi connectivity index (χ1n) is 8.45. The second-order valence-electron chi connectivity index (χ2n) is 7.35. The van der Waals surface area contributed by atoms with Gasteiger partial charge in [-0.3, -0.25) is 4.79 Å². The standard InChI is InChI=1S/C19H22O7/c1-8(2)17(22)25-15-14-10(4)18(23)24-12(14)6-9(3)11-7-13(20)19(5,26-11)16(15)21/h7,9,12,14-16,21H,1,4,6H2,2-3,5H3/t9-,12+,14-,15-,16+,19+/m0/s1. The second kappa shape index (κ2) is 6.09. The fourth-order valence-corrected chi connectivity index (χ4v) is 3.63. The molecule has 3 aliphatic heterocycles. The van der Waals surface area contributed by atoms with E-state index in [9.17, 15) is 19.5 Å². The highest BCUT2D eigenvalue weighted by atomic mass is 16.6. The van der Waals surface area contributed by atoms with Gasteiger partial charge in [0.2, 0.25) is 5.78 Å². The zero-order chi connectivity index (χ0) is 19.4. The maximum Gasteiger partial charge on any atom is 0.334 e. The maximum atomic E-state index is 12.5. The molecule has 2 fully saturated rings. The molecule has 6 atom stereocenters. The van der Waals surface area contributed by atoms with Crippen molar-refractivity contribution in [1.82, 2.24) is 0 Å². The summed E-state index contributed by atoms with van der Waals surface area (Å²) in [4.78, 5) is 36.7. The zero-order valence-electron chi connectivity index (χ0n) is 15.0. The number of rotatable bonds is 2. The van der Waals surface area contributed by atoms with Crippen LogP contribution in [0.15, 0.2) is 36.1 Å². The van der Waals surface area contributed by atoms with Crippen molar-refractivity contribution in [2.45, 2.75) is 51.1 Å². The highest BCUT2D eigenvalue weighted by Gasteiger charge is 2.58. The summed E-state index contributed by atoms with van der Waals surface area (Å²) in [7, 11) is 0. The molecule has 0 unspecified atom stereocenters. The van der Waals surface area contributed by atoms with E-state index in [0.717, 1.165) is 0 Å². The van der Waals surface area contributed by atoms with Crippen molar-refractivity contribution in [3.63, 3.8) is 0 Å². The molecule has 7 heteroatoms. The minimum absolute atomic E-state index is 0.101. The van der Waals surface area contributed by atoms with Gasteiger partial charge in [-0.1, -0.05) is 20.1 Å². The molecule has 0 aromatic carbocycles. The van der Waals surface area contributed by atoms with Gasteiger partial charge in [0.25, 0.3) is 0 Å². The van der Waals surface area contributed by atoms with E-state index in [0.29, 0.717) is 12.2 Å². The molecule has 0 aliphatic carbocycles. The van der Waals surface area contributed by atoms with Crippen molar-refractivity contribution in [3.05, 3.63) is 36.1 Å². The quantitative estimate of drug-likeness (QED) is 0.582. The van der Waals surface area contributed by atoms with Gasteiger partial charge in [-0.15, -0.1) is 0 Å². The topological polar surface area (TPSA) is 99.1 Å². The van der Waals surface area contributed by atoms with Crippen molar-refractivity contribution in [1.29, 1.82) is 0 Å². The van der Waals surface area contributed by atoms with Crippen molar-refractivity contribution in [2.24, 2.45) is 11.8 Å². The normalized spacial score (nSPS) is 39.0. The third-order valence-electron chi connectivity index (χ3n) is 5.31. The molecule has 7 nitrogen and oxygen atoms in total. The molecule has 26 heavy (non-hydrogen) atoms. The van der Waals surface area contributed by atoms with Crippen LogP contribution in [0.3, 0.4) is 0 Å². The number of allylic oxidation sites excluding steroid dienone is 1. The van der Waals surface area contributed by atoms with Gasteiger partial charge in [0.15, 0.2) is 5.60 Å². The molecule has 3 heterocycles. The molecular formula is C19H22O7. The Kier molecular flexibility index (Phi) is 4.30. The fraction of sp³-hybridized carbons (Fsp3) is 0.526. The minimum Gasteiger partial charge on any atom is -0.480 e. The van der Waals surface area contributed by atoms with Crippen LogP contribution in [-0.2, 0) is 28.6 Å². The van der Waals surface area contributed by atoms with Gasteiger partial charge in [0.05, 0.1) is 5.92 Å². The Labute approximate surface area is 151 Å². The van der Waals surface area contributed by atoms with E-state index in [1.165, 1.54) is 19.9 Å². The number of carbonyl (C=O) groups excluding carboxylic acids is 3. The van der Waals surface area contributed by atoms with Gasteiger partial charge < -0.3 is 19.3 Å². The van der Waals surface area contributed by atoms with Gasteiger partial charge in [0, 0.05) is 23.1 Å². The van der Waals surface area contributed by atoms with Crippen LogP contribution in [-0.4, -0.2) is 46.7 Å². The molecule has 0 amide bonds. The Hall–Kier alpha value is -2.41. The number of hydrogen-bond acceptors (Lipinski definition) is 7. The van der Waals surface area contributed by atoms with E-state index in [2.05, 4.69) is 13.2 Å². The molecular weight excluding hydrogens is 340 g/mol. The first-order chi connectivity index (χ1) is 12.1. The Morgan fingerprint density at radius 1 is 1.42 bits per heavy atom. The maximum absolute atomic E-state index is 12.5. The molecule has 2 bridgehead atoms. The summed E-state index contributed by atoms with van der Waals surface area (Å²) in [6.45, 7) is 12.0. The van der Waals surface area contributed by atoms with Crippen molar-refractivity contribution in [2.75, 3.05) is 0 Å². The Balaban J connectivity index is 2.09. The average molecular weight is 362 g/mol. The lowest BCUT2D eigenvalue weighted by molar-refractivity contribution is -0.176. The molecule has 3 aliphatic rings. The SMILES string of the molecule is C=C(C)C(=O)O[C@H]1[C@H]2C(=C)C(=O)O[C@@H]2C[C@H](C)C2=CC(=O)[C@@](C)(O2)[C@@H]1O. The van der Waals surface area contributed by atoms with Crippen LogP contribution < -0.4 is 0 Å². The molecule has 0 spiro atoms. The first kappa shape index (κ1) is 18.4. The number of ether oxygens (including phenoxy) is 3. The van der Waals surface area contributed by atoms with Gasteiger partial charge in [0.1, 0.15) is 24.1 Å². The lowest BCUT2D eigenvalue weighted by Gasteiger charge is -2.36. The molecule has 0 radical (unpaired) electrons. The zero-order valence-corrected chi connectivity index (χ0v) is 15.0. The molecule has 1 N–H and O–H groups in total. The first-order valence-corrected chi connectivity index (χ1v) is 8.45. The van der Waals surface area contributed by atoms with Crippen molar-refractivity contribution >= 4 is 17.7 Å². The van der Waals surface area contributed by atoms with Crippen molar-refractivity contribution < 1.29 is 33.7 Å². The van der Waals surface area contributed by atoms with E-state index < -0.39 is 47.6 Å². The van der Waals surface area contributed by atoms with Crippen LogP contribution in [0.1, 0.15) is 27.2 Å². The molecule has 3 rings (SSSR count). The predicted octanol–water partition coefficient (Wildman–Crippen LogP) is 1.21. The van der Waals surface area contributed by atoms with E-state index in [1.807, 2.05) is 6.92 Å². The summed E-state index contributed by atoms with van der Waals surface area (Å²) in [5, 5.41) is 11.0. The lowest BCUT2D eigenvalue weighted by atomic mass is 9.78. The molecule has 2 saturated heterocycles. The number of fused-ring (bicyclic) bond motifs is 3. The summed E-state index contributed by atoms with van der Waals surface area (Å²) in [6.07, 6.45) is -1.72. The van der Waals surface area contributed by atoms with Crippen LogP contribution in [0.2, 0.25) is 0 Å². The monoisotopic (exact) mass is 362 g/mol. The van der Waals surface area contributed by atoms with Gasteiger partial charge >= 0.3 is 11.9 Å². The number of aliphatic hydroxyl groups excluding tert-OH is 1. The number of ketones is 1. The summed E-state index contributed by atoms with van der Waals surface area (Å²) in [5.41, 5.74) is -1.39. The number of aliphatic hydroxyl groups is 1. The van der Waals surface area contributed by atoms with Crippen LogP contribution >= 0.6 is 0 Å². The minimum atomic E-state index is -1.62. The third-order valence-corrected chi connectivity index (χ3v) is 5.31. The molecule has 140 valence electrons. The van der Waals surface area contributed by atoms with Crippen LogP contribution in [0.25, 0.3) is 0 Å². The fourth-order valence-electron chi connectivity index (χ4n) is 3.63. The highest BCUT2D eigenvalue weighted by molar-refractivity contribution is 6.00. The van der Waals surface area contributed by atoms with E-state index in [-0.39, 0.29) is 17.1 Å². The number of esters is 2. The van der Waals surface area contributed by atoms with Gasteiger partial charge in [-0.25, -0.2) is 9.59 Å². The third kappa shape index (κ3) is 2.67. The van der Waals surface area contributed by atoms with Gasteiger partial charge in [-0.2, -0.15) is 0 Å². The van der Waals surface area contributed by atoms with Crippen LogP contribution in [0.4, 0.5) is 0 Å². The second-order valence-corrected chi connectivity index (χ2v) is 7.35. The van der Waals surface area contributed by atoms with E-state index >= 15 is 0 Å². The molecule has 0 aromatic heterocycles. The summed E-state index contributed by atoms with van der Waals surface area (Å²) < 4.78 is 16.6. The van der Waals surface area contributed by atoms with Gasteiger partial charge in [-0.05, 0) is 20.3 Å². The highest BCUT2D eigenvalue weighted by Crippen LogP contribution is 2.44. The summed E-state index contributed by atoms with van der Waals surface area (Å²) >= 11 is 0. The summed E-state index contributed by atoms with van der Waals surface area (Å²) in [5.74, 6) is -2.36.